The molecule has 1 aliphatic heterocycles. The molecule has 0 saturated carbocycles. The number of carbonyl (C=O) groups excluding carboxylic acids is 1. The Hall–Kier alpha value is -2.37. The highest BCUT2D eigenvalue weighted by Crippen LogP contribution is 2.22. The predicted octanol–water partition coefficient (Wildman–Crippen LogP) is 3.28. The second-order valence-electron chi connectivity index (χ2n) is 6.29. The highest BCUT2D eigenvalue weighted by atomic mass is 35.5. The molecule has 1 fully saturated rings. The average molecular weight is 357 g/mol. The second-order valence-corrected chi connectivity index (χ2v) is 6.73. The molecule has 1 amide bonds. The fraction of sp³-hybridized carbons (Fsp3) is 0.263. The summed E-state index contributed by atoms with van der Waals surface area (Å²) in [5.74, 6) is 0.490. The molecule has 1 N–H and O–H groups in total. The summed E-state index contributed by atoms with van der Waals surface area (Å²) < 4.78 is 5.81. The van der Waals surface area contributed by atoms with E-state index in [0.717, 1.165) is 11.1 Å². The Morgan fingerprint density at radius 3 is 2.96 bits per heavy atom. The fourth-order valence-electron chi connectivity index (χ4n) is 3.11. The normalized spacial score (nSPS) is 17.4. The van der Waals surface area contributed by atoms with Crippen LogP contribution in [0.1, 0.15) is 28.2 Å². The minimum Gasteiger partial charge on any atom is -0.440 e. The first-order valence-corrected chi connectivity index (χ1v) is 8.57. The summed E-state index contributed by atoms with van der Waals surface area (Å²) in [6.45, 7) is 0.960. The Balaban J connectivity index is 1.58. The van der Waals surface area contributed by atoms with E-state index < -0.39 is 6.10 Å². The van der Waals surface area contributed by atoms with Crippen molar-refractivity contribution in [2.24, 2.45) is 0 Å². The zero-order valence-electron chi connectivity index (χ0n) is 13.5. The number of hydrogen-bond donors (Lipinski definition) is 1. The Kier molecular flexibility index (Phi) is 4.19. The van der Waals surface area contributed by atoms with E-state index in [-0.39, 0.29) is 5.91 Å². The minimum absolute atomic E-state index is 0.0914. The molecule has 0 bridgehead atoms. The molecule has 2 heterocycles. The molecule has 0 spiro atoms. The van der Waals surface area contributed by atoms with E-state index in [1.165, 1.54) is 0 Å². The van der Waals surface area contributed by atoms with Crippen molar-refractivity contribution < 1.29 is 14.3 Å². The molecule has 1 aromatic heterocycles. The average Bonchev–Trinajstić information content (AvgIpc) is 3.19. The summed E-state index contributed by atoms with van der Waals surface area (Å²) in [5.41, 5.74) is 2.87. The third kappa shape index (κ3) is 3.38. The summed E-state index contributed by atoms with van der Waals surface area (Å²) in [6.07, 6.45) is 0.735. The number of rotatable bonds is 3. The van der Waals surface area contributed by atoms with Gasteiger partial charge >= 0.3 is 0 Å². The summed E-state index contributed by atoms with van der Waals surface area (Å²) >= 11 is 6.01. The lowest BCUT2D eigenvalue weighted by molar-refractivity contribution is 0.0765. The standard InChI is InChI=1S/C19H17ClN2O3/c20-14-3-1-2-12(8-14)9-18-21-16-5-4-13(10-17(16)25-18)19(24)22-7-6-15(23)11-22/h1-5,8,10,15,23H,6-7,9,11H2/t15-/m0/s1. The lowest BCUT2D eigenvalue weighted by Crippen LogP contribution is -2.29. The van der Waals surface area contributed by atoms with Crippen molar-refractivity contribution in [3.8, 4) is 0 Å². The van der Waals surface area contributed by atoms with E-state index in [1.807, 2.05) is 24.3 Å². The van der Waals surface area contributed by atoms with Gasteiger partial charge in [-0.05, 0) is 42.3 Å². The lowest BCUT2D eigenvalue weighted by atomic mass is 10.1. The molecule has 25 heavy (non-hydrogen) atoms. The van der Waals surface area contributed by atoms with Gasteiger partial charge in [-0.1, -0.05) is 23.7 Å². The summed E-state index contributed by atoms with van der Waals surface area (Å²) in [5, 5.41) is 10.3. The molecule has 1 aliphatic rings. The molecule has 1 atom stereocenters. The third-order valence-corrected chi connectivity index (χ3v) is 4.61. The predicted molar refractivity (Wildman–Crippen MR) is 94.8 cm³/mol. The lowest BCUT2D eigenvalue weighted by Gasteiger charge is -2.15. The number of benzene rings is 2. The molecule has 0 aliphatic carbocycles. The van der Waals surface area contributed by atoms with E-state index in [2.05, 4.69) is 4.98 Å². The van der Waals surface area contributed by atoms with Crippen LogP contribution in [0.5, 0.6) is 0 Å². The van der Waals surface area contributed by atoms with Crippen molar-refractivity contribution in [3.63, 3.8) is 0 Å². The molecule has 6 heteroatoms. The van der Waals surface area contributed by atoms with Crippen molar-refractivity contribution >= 4 is 28.6 Å². The molecule has 5 nitrogen and oxygen atoms in total. The van der Waals surface area contributed by atoms with Crippen LogP contribution in [0.15, 0.2) is 46.9 Å². The number of fused-ring (bicyclic) bond motifs is 1. The van der Waals surface area contributed by atoms with Crippen molar-refractivity contribution in [1.82, 2.24) is 9.88 Å². The molecule has 4 rings (SSSR count). The van der Waals surface area contributed by atoms with Crippen LogP contribution in [0.3, 0.4) is 0 Å². The number of aromatic nitrogens is 1. The van der Waals surface area contributed by atoms with Crippen LogP contribution in [-0.2, 0) is 6.42 Å². The third-order valence-electron chi connectivity index (χ3n) is 4.37. The maximum absolute atomic E-state index is 12.5. The Morgan fingerprint density at radius 1 is 1.32 bits per heavy atom. The highest BCUT2D eigenvalue weighted by molar-refractivity contribution is 6.30. The Morgan fingerprint density at radius 2 is 2.20 bits per heavy atom. The van der Waals surface area contributed by atoms with E-state index in [0.29, 0.717) is 48.0 Å². The fourth-order valence-corrected chi connectivity index (χ4v) is 3.32. The van der Waals surface area contributed by atoms with Gasteiger partial charge in [0.25, 0.3) is 5.91 Å². The van der Waals surface area contributed by atoms with Crippen molar-refractivity contribution in [3.05, 3.63) is 64.5 Å². The quantitative estimate of drug-likeness (QED) is 0.782. The van der Waals surface area contributed by atoms with Crippen molar-refractivity contribution in [1.29, 1.82) is 0 Å². The van der Waals surface area contributed by atoms with Crippen LogP contribution in [-0.4, -0.2) is 40.1 Å². The summed E-state index contributed by atoms with van der Waals surface area (Å²) in [4.78, 5) is 18.6. The number of oxazole rings is 1. The van der Waals surface area contributed by atoms with Gasteiger partial charge in [0.2, 0.25) is 0 Å². The van der Waals surface area contributed by atoms with Crippen LogP contribution in [0.25, 0.3) is 11.1 Å². The molecule has 3 aromatic rings. The summed E-state index contributed by atoms with van der Waals surface area (Å²) in [6, 6.07) is 12.8. The number of halogens is 1. The van der Waals surface area contributed by atoms with Crippen LogP contribution in [0.4, 0.5) is 0 Å². The number of carbonyl (C=O) groups is 1. The molecule has 0 radical (unpaired) electrons. The van der Waals surface area contributed by atoms with E-state index >= 15 is 0 Å². The molecule has 1 saturated heterocycles. The molecule has 0 unspecified atom stereocenters. The molecule has 128 valence electrons. The largest absolute Gasteiger partial charge is 0.440 e. The number of β-amino-alcohol motifs (C(OH)–C–C–N with tert-alkyl or cyclic N) is 1. The topological polar surface area (TPSA) is 66.6 Å². The summed E-state index contributed by atoms with van der Waals surface area (Å²) in [7, 11) is 0. The first kappa shape index (κ1) is 16.1. The zero-order valence-corrected chi connectivity index (χ0v) is 14.2. The number of hydrogen-bond acceptors (Lipinski definition) is 4. The van der Waals surface area contributed by atoms with Crippen molar-refractivity contribution in [2.75, 3.05) is 13.1 Å². The van der Waals surface area contributed by atoms with Gasteiger partial charge in [0.1, 0.15) is 5.52 Å². The monoisotopic (exact) mass is 356 g/mol. The number of amides is 1. The van der Waals surface area contributed by atoms with Crippen molar-refractivity contribution in [2.45, 2.75) is 18.9 Å². The minimum atomic E-state index is -0.428. The van der Waals surface area contributed by atoms with Crippen LogP contribution < -0.4 is 0 Å². The van der Waals surface area contributed by atoms with Gasteiger partial charge in [0, 0.05) is 30.1 Å². The van der Waals surface area contributed by atoms with Gasteiger partial charge in [-0.25, -0.2) is 4.98 Å². The van der Waals surface area contributed by atoms with E-state index in [4.69, 9.17) is 16.0 Å². The molecular weight excluding hydrogens is 340 g/mol. The van der Waals surface area contributed by atoms with Gasteiger partial charge in [-0.2, -0.15) is 0 Å². The number of likely N-dealkylation sites (tertiary alicyclic amines) is 1. The maximum Gasteiger partial charge on any atom is 0.254 e. The first-order chi connectivity index (χ1) is 12.1. The van der Waals surface area contributed by atoms with Gasteiger partial charge < -0.3 is 14.4 Å². The van der Waals surface area contributed by atoms with E-state index in [1.54, 1.807) is 23.1 Å². The highest BCUT2D eigenvalue weighted by Gasteiger charge is 2.25. The Labute approximate surface area is 149 Å². The van der Waals surface area contributed by atoms with E-state index in [9.17, 15) is 9.90 Å². The number of aliphatic hydroxyl groups is 1. The van der Waals surface area contributed by atoms with Gasteiger partial charge in [0.05, 0.1) is 6.10 Å². The first-order valence-electron chi connectivity index (χ1n) is 8.20. The number of aliphatic hydroxyl groups excluding tert-OH is 1. The van der Waals surface area contributed by atoms with Gasteiger partial charge in [-0.15, -0.1) is 0 Å². The van der Waals surface area contributed by atoms with Gasteiger partial charge in [0.15, 0.2) is 11.5 Å². The Bertz CT molecular complexity index is 937. The maximum atomic E-state index is 12.5. The van der Waals surface area contributed by atoms with Crippen LogP contribution >= 0.6 is 11.6 Å². The zero-order chi connectivity index (χ0) is 17.4. The van der Waals surface area contributed by atoms with Crippen LogP contribution in [0.2, 0.25) is 5.02 Å². The molecule has 2 aromatic carbocycles. The SMILES string of the molecule is O=C(c1ccc2nc(Cc3cccc(Cl)c3)oc2c1)N1CC[C@H](O)C1. The van der Waals surface area contributed by atoms with Crippen LogP contribution in [0, 0.1) is 0 Å². The number of nitrogens with zero attached hydrogens (tertiary/aromatic N) is 2. The second kappa shape index (κ2) is 6.50. The van der Waals surface area contributed by atoms with Gasteiger partial charge in [-0.3, -0.25) is 4.79 Å². The molecular formula is C19H17ClN2O3. The smallest absolute Gasteiger partial charge is 0.254 e.